The Bertz CT molecular complexity index is 1450. The number of benzene rings is 3. The molecule has 0 unspecified atom stereocenters. The van der Waals surface area contributed by atoms with Gasteiger partial charge in [0.2, 0.25) is 11.8 Å². The van der Waals surface area contributed by atoms with Crippen LogP contribution in [0.15, 0.2) is 60.7 Å². The number of aromatic nitrogens is 2. The van der Waals surface area contributed by atoms with E-state index in [1.54, 1.807) is 0 Å². The fraction of sp³-hybridized carbons (Fsp3) is 0.222. The number of hydrogen-bond acceptors (Lipinski definition) is 3. The highest BCUT2D eigenvalue weighted by atomic mass is 19.4. The summed E-state index contributed by atoms with van der Waals surface area (Å²) < 4.78 is 39.4. The Balaban J connectivity index is 1.25. The van der Waals surface area contributed by atoms with E-state index in [0.717, 1.165) is 46.5 Å². The smallest absolute Gasteiger partial charge is 0.326 e. The summed E-state index contributed by atoms with van der Waals surface area (Å²) in [7, 11) is 0. The predicted octanol–water partition coefficient (Wildman–Crippen LogP) is 6.09. The molecule has 1 saturated carbocycles. The van der Waals surface area contributed by atoms with Crippen LogP contribution in [-0.2, 0) is 22.2 Å². The third-order valence-corrected chi connectivity index (χ3v) is 6.23. The van der Waals surface area contributed by atoms with Gasteiger partial charge in [0, 0.05) is 17.0 Å². The third kappa shape index (κ3) is 5.10. The number of halogens is 3. The lowest BCUT2D eigenvalue weighted by atomic mass is 10.0. The fourth-order valence-corrected chi connectivity index (χ4v) is 4.07. The van der Waals surface area contributed by atoms with Crippen LogP contribution in [0.3, 0.4) is 0 Å². The number of nitrogens with zero attached hydrogens (tertiary/aromatic N) is 1. The Kier molecular flexibility index (Phi) is 5.99. The highest BCUT2D eigenvalue weighted by Crippen LogP contribution is 2.34. The van der Waals surface area contributed by atoms with Crippen molar-refractivity contribution in [3.8, 4) is 11.1 Å². The second-order valence-corrected chi connectivity index (χ2v) is 9.05. The number of anilines is 2. The molecule has 0 atom stereocenters. The van der Waals surface area contributed by atoms with E-state index in [9.17, 15) is 22.8 Å². The first kappa shape index (κ1) is 23.6. The van der Waals surface area contributed by atoms with Crippen molar-refractivity contribution in [3.05, 3.63) is 77.4 Å². The number of carbonyl (C=O) groups is 2. The summed E-state index contributed by atoms with van der Waals surface area (Å²) >= 11 is 0. The lowest BCUT2D eigenvalue weighted by Crippen LogP contribution is -2.15. The summed E-state index contributed by atoms with van der Waals surface area (Å²) in [4.78, 5) is 24.5. The largest absolute Gasteiger partial charge is 0.416 e. The Hall–Kier alpha value is -4.14. The number of fused-ring (bicyclic) bond motifs is 1. The van der Waals surface area contributed by atoms with Crippen LogP contribution < -0.4 is 10.6 Å². The monoisotopic (exact) mass is 492 g/mol. The van der Waals surface area contributed by atoms with Gasteiger partial charge in [-0.25, -0.2) is 0 Å². The van der Waals surface area contributed by atoms with Crippen LogP contribution in [-0.4, -0.2) is 22.0 Å². The minimum Gasteiger partial charge on any atom is -0.326 e. The molecule has 0 radical (unpaired) electrons. The quantitative estimate of drug-likeness (QED) is 0.305. The van der Waals surface area contributed by atoms with E-state index in [1.165, 1.54) is 19.1 Å². The molecule has 184 valence electrons. The molecule has 1 heterocycles. The van der Waals surface area contributed by atoms with Crippen molar-refractivity contribution in [1.29, 1.82) is 0 Å². The zero-order valence-corrected chi connectivity index (χ0v) is 19.4. The summed E-state index contributed by atoms with van der Waals surface area (Å²) in [5.74, 6) is 0.200. The van der Waals surface area contributed by atoms with E-state index in [0.29, 0.717) is 5.82 Å². The summed E-state index contributed by atoms with van der Waals surface area (Å²) in [6.45, 7) is 1.38. The van der Waals surface area contributed by atoms with Gasteiger partial charge in [-0.1, -0.05) is 36.4 Å². The average molecular weight is 493 g/mol. The summed E-state index contributed by atoms with van der Waals surface area (Å²) in [6.07, 6.45) is -2.62. The number of carbonyl (C=O) groups excluding carboxylic acids is 2. The molecule has 6 nitrogen and oxygen atoms in total. The second-order valence-electron chi connectivity index (χ2n) is 9.05. The van der Waals surface area contributed by atoms with E-state index in [4.69, 9.17) is 0 Å². The van der Waals surface area contributed by atoms with Crippen molar-refractivity contribution >= 4 is 34.2 Å². The van der Waals surface area contributed by atoms with Crippen LogP contribution >= 0.6 is 0 Å². The number of aromatic amines is 1. The summed E-state index contributed by atoms with van der Waals surface area (Å²) in [5.41, 5.74) is 2.81. The molecule has 3 aromatic carbocycles. The van der Waals surface area contributed by atoms with E-state index < -0.39 is 17.6 Å². The molecule has 4 aromatic rings. The van der Waals surface area contributed by atoms with Gasteiger partial charge < -0.3 is 10.6 Å². The maximum atomic E-state index is 13.1. The molecule has 1 fully saturated rings. The molecule has 36 heavy (non-hydrogen) atoms. The molecule has 2 amide bonds. The lowest BCUT2D eigenvalue weighted by Gasteiger charge is -2.13. The topological polar surface area (TPSA) is 86.9 Å². The minimum atomic E-state index is -4.48. The summed E-state index contributed by atoms with van der Waals surface area (Å²) in [6, 6.07) is 16.9. The minimum absolute atomic E-state index is 0.00438. The normalized spacial score (nSPS) is 13.6. The van der Waals surface area contributed by atoms with Gasteiger partial charge in [-0.2, -0.15) is 18.3 Å². The summed E-state index contributed by atoms with van der Waals surface area (Å²) in [5, 5.41) is 13.4. The molecule has 0 spiro atoms. The molecular formula is C27H23F3N4O2. The van der Waals surface area contributed by atoms with Crippen molar-refractivity contribution in [2.24, 2.45) is 5.92 Å². The van der Waals surface area contributed by atoms with Crippen LogP contribution in [0, 0.1) is 12.8 Å². The van der Waals surface area contributed by atoms with E-state index >= 15 is 0 Å². The van der Waals surface area contributed by atoms with Crippen LogP contribution in [0.25, 0.3) is 22.0 Å². The standard InChI is InChI=1S/C27H23F3N4O2/c1-15-2-10-20(14-22(15)27(28,29)30)31-24(35)12-16-3-5-17(6-4-16)19-9-11-21-23(13-19)33-34-25(21)32-26(36)18-7-8-18/h2-6,9-11,13-14,18H,7-8,12H2,1H3,(H,31,35)(H2,32,33,34,36). The van der Waals surface area contributed by atoms with E-state index in [2.05, 4.69) is 20.8 Å². The van der Waals surface area contributed by atoms with Gasteiger partial charge in [0.25, 0.3) is 0 Å². The molecular weight excluding hydrogens is 469 g/mol. The SMILES string of the molecule is Cc1ccc(NC(=O)Cc2ccc(-c3ccc4c(NC(=O)C5CC5)n[nH]c4c3)cc2)cc1C(F)(F)F. The van der Waals surface area contributed by atoms with Gasteiger partial charge in [0.05, 0.1) is 17.5 Å². The molecule has 1 aromatic heterocycles. The van der Waals surface area contributed by atoms with Crippen molar-refractivity contribution < 1.29 is 22.8 Å². The van der Waals surface area contributed by atoms with Crippen molar-refractivity contribution in [2.45, 2.75) is 32.4 Å². The first-order chi connectivity index (χ1) is 17.2. The number of aryl methyl sites for hydroxylation is 1. The first-order valence-electron chi connectivity index (χ1n) is 11.5. The molecule has 0 saturated heterocycles. The van der Waals surface area contributed by atoms with Crippen LogP contribution in [0.2, 0.25) is 0 Å². The van der Waals surface area contributed by atoms with Crippen LogP contribution in [0.1, 0.15) is 29.5 Å². The van der Waals surface area contributed by atoms with Crippen molar-refractivity contribution in [3.63, 3.8) is 0 Å². The zero-order valence-electron chi connectivity index (χ0n) is 19.4. The zero-order chi connectivity index (χ0) is 25.4. The molecule has 1 aliphatic carbocycles. The van der Waals surface area contributed by atoms with Crippen molar-refractivity contribution in [2.75, 3.05) is 10.6 Å². The number of hydrogen-bond donors (Lipinski definition) is 3. The Morgan fingerprint density at radius 3 is 2.39 bits per heavy atom. The Morgan fingerprint density at radius 2 is 1.69 bits per heavy atom. The molecule has 5 rings (SSSR count). The number of H-pyrrole nitrogens is 1. The van der Waals surface area contributed by atoms with Gasteiger partial charge in [0.1, 0.15) is 0 Å². The predicted molar refractivity (Wildman–Crippen MR) is 131 cm³/mol. The molecule has 9 heteroatoms. The fourth-order valence-electron chi connectivity index (χ4n) is 4.07. The molecule has 3 N–H and O–H groups in total. The van der Waals surface area contributed by atoms with Gasteiger partial charge in [-0.15, -0.1) is 0 Å². The Labute approximate surface area is 204 Å². The second kappa shape index (κ2) is 9.14. The van der Waals surface area contributed by atoms with Crippen LogP contribution in [0.4, 0.5) is 24.7 Å². The van der Waals surface area contributed by atoms with E-state index in [1.807, 2.05) is 42.5 Å². The first-order valence-corrected chi connectivity index (χ1v) is 11.5. The number of amides is 2. The third-order valence-electron chi connectivity index (χ3n) is 6.23. The van der Waals surface area contributed by atoms with E-state index in [-0.39, 0.29) is 29.5 Å². The van der Waals surface area contributed by atoms with Gasteiger partial charge in [-0.3, -0.25) is 14.7 Å². The maximum Gasteiger partial charge on any atom is 0.416 e. The maximum absolute atomic E-state index is 13.1. The van der Waals surface area contributed by atoms with Crippen molar-refractivity contribution in [1.82, 2.24) is 10.2 Å². The van der Waals surface area contributed by atoms with Gasteiger partial charge in [0.15, 0.2) is 5.82 Å². The number of alkyl halides is 3. The molecule has 1 aliphatic rings. The Morgan fingerprint density at radius 1 is 0.972 bits per heavy atom. The highest BCUT2D eigenvalue weighted by Gasteiger charge is 2.32. The average Bonchev–Trinajstić information content (AvgIpc) is 3.62. The van der Waals surface area contributed by atoms with Gasteiger partial charge in [-0.05, 0) is 66.3 Å². The molecule has 0 aliphatic heterocycles. The number of nitrogens with one attached hydrogen (secondary N) is 3. The van der Waals surface area contributed by atoms with Crippen LogP contribution in [0.5, 0.6) is 0 Å². The number of rotatable bonds is 6. The molecule has 0 bridgehead atoms. The lowest BCUT2D eigenvalue weighted by molar-refractivity contribution is -0.138. The highest BCUT2D eigenvalue weighted by molar-refractivity contribution is 6.02. The van der Waals surface area contributed by atoms with Gasteiger partial charge >= 0.3 is 6.18 Å².